The number of rotatable bonds is 7. The Morgan fingerprint density at radius 2 is 1.81 bits per heavy atom. The maximum atomic E-state index is 13.7. The van der Waals surface area contributed by atoms with Crippen molar-refractivity contribution in [2.75, 3.05) is 31.7 Å². The maximum Gasteiger partial charge on any atom is 0.282 e. The van der Waals surface area contributed by atoms with Gasteiger partial charge >= 0.3 is 0 Å². The van der Waals surface area contributed by atoms with Crippen LogP contribution in [0, 0.1) is 5.92 Å². The van der Waals surface area contributed by atoms with E-state index in [2.05, 4.69) is 18.7 Å². The zero-order valence-electron chi connectivity index (χ0n) is 19.0. The van der Waals surface area contributed by atoms with Gasteiger partial charge in [-0.1, -0.05) is 32.0 Å². The lowest BCUT2D eigenvalue weighted by atomic mass is 9.97. The van der Waals surface area contributed by atoms with E-state index in [-0.39, 0.29) is 11.8 Å². The number of nitrogens with zero attached hydrogens (tertiary/aromatic N) is 2. The smallest absolute Gasteiger partial charge is 0.282 e. The minimum atomic E-state index is -0.307. The molecule has 2 heterocycles. The van der Waals surface area contributed by atoms with Crippen molar-refractivity contribution in [1.29, 1.82) is 0 Å². The number of carbonyl (C=O) groups is 2. The van der Waals surface area contributed by atoms with Crippen LogP contribution in [-0.4, -0.2) is 43.5 Å². The van der Waals surface area contributed by atoms with Crippen LogP contribution in [0.15, 0.2) is 54.2 Å². The Balaban J connectivity index is 1.76. The van der Waals surface area contributed by atoms with Crippen LogP contribution in [0.5, 0.6) is 11.5 Å². The molecule has 0 aromatic heterocycles. The van der Waals surface area contributed by atoms with Crippen LogP contribution in [0.2, 0.25) is 0 Å². The average molecular weight is 435 g/mol. The maximum absolute atomic E-state index is 13.7. The summed E-state index contributed by atoms with van der Waals surface area (Å²) < 4.78 is 11.0. The molecule has 0 bridgehead atoms. The molecule has 1 unspecified atom stereocenters. The highest BCUT2D eigenvalue weighted by atomic mass is 16.5. The largest absolute Gasteiger partial charge is 0.497 e. The molecule has 2 aromatic carbocycles. The molecular formula is C26H30N2O4. The zero-order chi connectivity index (χ0) is 22.7. The van der Waals surface area contributed by atoms with Crippen LogP contribution < -0.4 is 14.4 Å². The van der Waals surface area contributed by atoms with Gasteiger partial charge in [-0.25, -0.2) is 4.90 Å². The van der Waals surface area contributed by atoms with Crippen molar-refractivity contribution in [2.45, 2.75) is 33.1 Å². The topological polar surface area (TPSA) is 59.1 Å². The molecule has 2 aromatic rings. The molecule has 32 heavy (non-hydrogen) atoms. The van der Waals surface area contributed by atoms with E-state index in [1.54, 1.807) is 31.4 Å². The van der Waals surface area contributed by atoms with Gasteiger partial charge in [0, 0.05) is 19.2 Å². The van der Waals surface area contributed by atoms with E-state index in [0.717, 1.165) is 43.7 Å². The van der Waals surface area contributed by atoms with Crippen LogP contribution in [0.1, 0.15) is 38.7 Å². The van der Waals surface area contributed by atoms with Gasteiger partial charge in [0.15, 0.2) is 0 Å². The summed E-state index contributed by atoms with van der Waals surface area (Å²) in [6.07, 6.45) is 3.05. The van der Waals surface area contributed by atoms with Crippen LogP contribution in [0.25, 0.3) is 5.57 Å². The second kappa shape index (κ2) is 9.47. The fraction of sp³-hybridized carbons (Fsp3) is 0.385. The van der Waals surface area contributed by atoms with Gasteiger partial charge in [-0.3, -0.25) is 9.59 Å². The molecule has 2 aliphatic heterocycles. The Morgan fingerprint density at radius 3 is 2.50 bits per heavy atom. The first kappa shape index (κ1) is 21.9. The molecule has 6 nitrogen and oxygen atoms in total. The van der Waals surface area contributed by atoms with Crippen molar-refractivity contribution in [3.63, 3.8) is 0 Å². The number of imide groups is 1. The molecule has 0 aliphatic carbocycles. The third-order valence-electron chi connectivity index (χ3n) is 5.96. The van der Waals surface area contributed by atoms with Crippen LogP contribution in [0.3, 0.4) is 0 Å². The summed E-state index contributed by atoms with van der Waals surface area (Å²) in [5.41, 5.74) is 2.19. The van der Waals surface area contributed by atoms with Gasteiger partial charge in [-0.15, -0.1) is 0 Å². The molecule has 2 aliphatic rings. The van der Waals surface area contributed by atoms with Gasteiger partial charge in [0.1, 0.15) is 17.2 Å². The van der Waals surface area contributed by atoms with Crippen LogP contribution >= 0.6 is 0 Å². The summed E-state index contributed by atoms with van der Waals surface area (Å²) in [4.78, 5) is 30.7. The standard InChI is InChI=1S/C26H30N2O4/c1-4-15-32-21-12-10-19(11-13-21)23-24(27-14-6-7-18(2)17-27)26(30)28(25(23)29)20-8-5-9-22(16-20)31-3/h5,8-13,16,18H,4,6-7,14-15,17H2,1-3H3. The van der Waals surface area contributed by atoms with Gasteiger partial charge in [0.25, 0.3) is 11.8 Å². The number of carbonyl (C=O) groups excluding carboxylic acids is 2. The summed E-state index contributed by atoms with van der Waals surface area (Å²) >= 11 is 0. The summed E-state index contributed by atoms with van der Waals surface area (Å²) in [6, 6.07) is 14.5. The molecule has 0 radical (unpaired) electrons. The number of hydrogen-bond donors (Lipinski definition) is 0. The van der Waals surface area contributed by atoms with E-state index in [4.69, 9.17) is 9.47 Å². The number of methoxy groups -OCH3 is 1. The predicted octanol–water partition coefficient (Wildman–Crippen LogP) is 4.50. The van der Waals surface area contributed by atoms with Crippen molar-refractivity contribution < 1.29 is 19.1 Å². The second-order valence-corrected chi connectivity index (χ2v) is 8.44. The summed E-state index contributed by atoms with van der Waals surface area (Å²) in [7, 11) is 1.57. The molecule has 1 saturated heterocycles. The summed E-state index contributed by atoms with van der Waals surface area (Å²) in [5, 5.41) is 0. The predicted molar refractivity (Wildman–Crippen MR) is 125 cm³/mol. The lowest BCUT2D eigenvalue weighted by Crippen LogP contribution is -2.39. The molecule has 1 fully saturated rings. The Labute approximate surface area is 189 Å². The lowest BCUT2D eigenvalue weighted by Gasteiger charge is -2.33. The second-order valence-electron chi connectivity index (χ2n) is 8.44. The molecule has 0 spiro atoms. The first-order valence-corrected chi connectivity index (χ1v) is 11.3. The Kier molecular flexibility index (Phi) is 6.49. The highest BCUT2D eigenvalue weighted by Crippen LogP contribution is 2.37. The number of hydrogen-bond acceptors (Lipinski definition) is 5. The Hall–Kier alpha value is -3.28. The number of ether oxygens (including phenoxy) is 2. The van der Waals surface area contributed by atoms with Crippen molar-refractivity contribution >= 4 is 23.1 Å². The SMILES string of the molecule is CCCOc1ccc(C2=C(N3CCCC(C)C3)C(=O)N(c3cccc(OC)c3)C2=O)cc1. The van der Waals surface area contributed by atoms with Gasteiger partial charge in [0.2, 0.25) is 0 Å². The molecule has 1 atom stereocenters. The molecular weight excluding hydrogens is 404 g/mol. The lowest BCUT2D eigenvalue weighted by molar-refractivity contribution is -0.120. The fourth-order valence-corrected chi connectivity index (χ4v) is 4.39. The van der Waals surface area contributed by atoms with Gasteiger partial charge in [0.05, 0.1) is 25.0 Å². The van der Waals surface area contributed by atoms with Crippen molar-refractivity contribution in [3.8, 4) is 11.5 Å². The van der Waals surface area contributed by atoms with Gasteiger partial charge in [-0.2, -0.15) is 0 Å². The molecule has 2 amide bonds. The van der Waals surface area contributed by atoms with Crippen molar-refractivity contribution in [1.82, 2.24) is 4.90 Å². The Morgan fingerprint density at radius 1 is 1.03 bits per heavy atom. The van der Waals surface area contributed by atoms with Crippen molar-refractivity contribution in [3.05, 3.63) is 59.8 Å². The van der Waals surface area contributed by atoms with Crippen molar-refractivity contribution in [2.24, 2.45) is 5.92 Å². The molecule has 0 saturated carbocycles. The monoisotopic (exact) mass is 434 g/mol. The van der Waals surface area contributed by atoms with Gasteiger partial charge in [-0.05, 0) is 55.0 Å². The number of amides is 2. The van der Waals surface area contributed by atoms with Crippen LogP contribution in [-0.2, 0) is 9.59 Å². The summed E-state index contributed by atoms with van der Waals surface area (Å²) in [6.45, 7) is 6.42. The highest BCUT2D eigenvalue weighted by Gasteiger charge is 2.43. The minimum absolute atomic E-state index is 0.279. The third-order valence-corrected chi connectivity index (χ3v) is 5.96. The number of benzene rings is 2. The number of piperidine rings is 1. The van der Waals surface area contributed by atoms with E-state index in [1.807, 2.05) is 24.3 Å². The van der Waals surface area contributed by atoms with E-state index >= 15 is 0 Å². The number of likely N-dealkylation sites (tertiary alicyclic amines) is 1. The Bertz CT molecular complexity index is 1030. The first-order chi connectivity index (χ1) is 15.5. The van der Waals surface area contributed by atoms with E-state index in [0.29, 0.717) is 35.2 Å². The molecule has 168 valence electrons. The summed E-state index contributed by atoms with van der Waals surface area (Å²) in [5.74, 6) is 1.24. The highest BCUT2D eigenvalue weighted by molar-refractivity contribution is 6.45. The molecule has 4 rings (SSSR count). The third kappa shape index (κ3) is 4.22. The van der Waals surface area contributed by atoms with Gasteiger partial charge < -0.3 is 14.4 Å². The normalized spacial score (nSPS) is 19.0. The van der Waals surface area contributed by atoms with Crippen LogP contribution in [0.4, 0.5) is 5.69 Å². The fourth-order valence-electron chi connectivity index (χ4n) is 4.39. The van der Waals surface area contributed by atoms with E-state index < -0.39 is 0 Å². The molecule has 0 N–H and O–H groups in total. The van der Waals surface area contributed by atoms with E-state index in [9.17, 15) is 9.59 Å². The number of anilines is 1. The minimum Gasteiger partial charge on any atom is -0.497 e. The molecule has 6 heteroatoms. The zero-order valence-corrected chi connectivity index (χ0v) is 19.0. The quantitative estimate of drug-likeness (QED) is 0.601. The van der Waals surface area contributed by atoms with E-state index in [1.165, 1.54) is 4.90 Å². The average Bonchev–Trinajstić information content (AvgIpc) is 3.08. The first-order valence-electron chi connectivity index (χ1n) is 11.3.